The van der Waals surface area contributed by atoms with E-state index in [0.29, 0.717) is 12.0 Å². The van der Waals surface area contributed by atoms with Crippen molar-refractivity contribution in [1.29, 1.82) is 5.26 Å². The van der Waals surface area contributed by atoms with Crippen molar-refractivity contribution in [3.05, 3.63) is 63.2 Å². The molecule has 2 aromatic rings. The van der Waals surface area contributed by atoms with E-state index in [2.05, 4.69) is 34.0 Å². The van der Waals surface area contributed by atoms with Crippen LogP contribution in [0.25, 0.3) is 0 Å². The zero-order chi connectivity index (χ0) is 13.7. The average molecular weight is 362 g/mol. The van der Waals surface area contributed by atoms with E-state index in [1.54, 1.807) is 24.3 Å². The molecular weight excluding hydrogens is 351 g/mol. The molecule has 1 N–H and O–H groups in total. The molecular formula is C15H11IN2O. The third-order valence-electron chi connectivity index (χ3n) is 2.58. The highest BCUT2D eigenvalue weighted by Gasteiger charge is 2.04. The molecule has 0 saturated heterocycles. The largest absolute Gasteiger partial charge is 0.326 e. The monoisotopic (exact) mass is 362 g/mol. The Labute approximate surface area is 125 Å². The lowest BCUT2D eigenvalue weighted by Crippen LogP contribution is -2.14. The van der Waals surface area contributed by atoms with Gasteiger partial charge in [-0.05, 0) is 64.6 Å². The number of rotatable bonds is 3. The lowest BCUT2D eigenvalue weighted by Gasteiger charge is -2.05. The Kier molecular flexibility index (Phi) is 4.53. The van der Waals surface area contributed by atoms with Gasteiger partial charge in [-0.15, -0.1) is 0 Å². The molecule has 2 rings (SSSR count). The second kappa shape index (κ2) is 6.34. The molecule has 0 aliphatic rings. The highest BCUT2D eigenvalue weighted by atomic mass is 127. The molecule has 0 spiro atoms. The van der Waals surface area contributed by atoms with Crippen molar-refractivity contribution in [3.8, 4) is 6.07 Å². The summed E-state index contributed by atoms with van der Waals surface area (Å²) in [5.74, 6) is -0.0640. The van der Waals surface area contributed by atoms with Gasteiger partial charge in [0, 0.05) is 9.26 Å². The average Bonchev–Trinajstić information content (AvgIpc) is 2.42. The molecule has 0 heterocycles. The summed E-state index contributed by atoms with van der Waals surface area (Å²) in [6.07, 6.45) is 0.303. The van der Waals surface area contributed by atoms with Crippen molar-refractivity contribution >= 4 is 34.2 Å². The van der Waals surface area contributed by atoms with Gasteiger partial charge < -0.3 is 5.32 Å². The van der Waals surface area contributed by atoms with Crippen molar-refractivity contribution in [2.75, 3.05) is 5.32 Å². The fourth-order valence-corrected chi connectivity index (χ4v) is 1.98. The van der Waals surface area contributed by atoms with E-state index in [9.17, 15) is 4.79 Å². The minimum absolute atomic E-state index is 0.0640. The van der Waals surface area contributed by atoms with E-state index < -0.39 is 0 Å². The van der Waals surface area contributed by atoms with Crippen LogP contribution in [0, 0.1) is 14.9 Å². The molecule has 0 radical (unpaired) electrons. The van der Waals surface area contributed by atoms with Crippen molar-refractivity contribution in [2.45, 2.75) is 6.42 Å². The molecule has 0 unspecified atom stereocenters. The first-order chi connectivity index (χ1) is 9.17. The number of hydrogen-bond acceptors (Lipinski definition) is 2. The first-order valence-electron chi connectivity index (χ1n) is 5.72. The Hall–Kier alpha value is -1.87. The molecule has 0 bridgehead atoms. The number of benzene rings is 2. The molecule has 0 saturated carbocycles. The molecule has 4 heteroatoms. The third-order valence-corrected chi connectivity index (χ3v) is 3.29. The molecule has 3 nitrogen and oxygen atoms in total. The number of nitrogens with zero attached hydrogens (tertiary/aromatic N) is 1. The first kappa shape index (κ1) is 13.6. The van der Waals surface area contributed by atoms with Crippen LogP contribution in [0.4, 0.5) is 5.69 Å². The molecule has 94 valence electrons. The summed E-state index contributed by atoms with van der Waals surface area (Å²) in [5, 5.41) is 11.5. The van der Waals surface area contributed by atoms with Gasteiger partial charge in [0.15, 0.2) is 0 Å². The molecule has 0 fully saturated rings. The molecule has 0 aliphatic carbocycles. The molecule has 0 aromatic heterocycles. The Morgan fingerprint density at radius 2 is 1.74 bits per heavy atom. The van der Waals surface area contributed by atoms with E-state index in [1.807, 2.05) is 24.3 Å². The molecule has 1 amide bonds. The summed E-state index contributed by atoms with van der Waals surface area (Å²) in [7, 11) is 0. The van der Waals surface area contributed by atoms with Gasteiger partial charge in [-0.1, -0.05) is 12.1 Å². The van der Waals surface area contributed by atoms with Crippen LogP contribution in [0.5, 0.6) is 0 Å². The van der Waals surface area contributed by atoms with Gasteiger partial charge in [-0.25, -0.2) is 0 Å². The number of anilines is 1. The van der Waals surface area contributed by atoms with E-state index >= 15 is 0 Å². The van der Waals surface area contributed by atoms with Crippen LogP contribution in [0.3, 0.4) is 0 Å². The van der Waals surface area contributed by atoms with Crippen LogP contribution >= 0.6 is 22.6 Å². The van der Waals surface area contributed by atoms with E-state index in [-0.39, 0.29) is 5.91 Å². The zero-order valence-corrected chi connectivity index (χ0v) is 12.2. The Morgan fingerprint density at radius 3 is 2.32 bits per heavy atom. The zero-order valence-electron chi connectivity index (χ0n) is 10.1. The molecule has 0 atom stereocenters. The van der Waals surface area contributed by atoms with Crippen molar-refractivity contribution in [3.63, 3.8) is 0 Å². The number of amides is 1. The highest BCUT2D eigenvalue weighted by Crippen LogP contribution is 2.12. The number of carbonyl (C=O) groups excluding carboxylic acids is 1. The quantitative estimate of drug-likeness (QED) is 0.852. The molecule has 2 aromatic carbocycles. The topological polar surface area (TPSA) is 52.9 Å². The lowest BCUT2D eigenvalue weighted by atomic mass is 10.1. The van der Waals surface area contributed by atoms with Gasteiger partial charge in [0.1, 0.15) is 0 Å². The number of hydrogen-bond donors (Lipinski definition) is 1. The van der Waals surface area contributed by atoms with Gasteiger partial charge in [-0.2, -0.15) is 5.26 Å². The summed E-state index contributed by atoms with van der Waals surface area (Å²) in [6.45, 7) is 0. The van der Waals surface area contributed by atoms with Crippen LogP contribution in [0.15, 0.2) is 48.5 Å². The Balaban J connectivity index is 1.97. The maximum Gasteiger partial charge on any atom is 0.228 e. The summed E-state index contributed by atoms with van der Waals surface area (Å²) in [6, 6.07) is 16.7. The van der Waals surface area contributed by atoms with Gasteiger partial charge in [0.2, 0.25) is 5.91 Å². The van der Waals surface area contributed by atoms with E-state index in [4.69, 9.17) is 5.26 Å². The van der Waals surface area contributed by atoms with Crippen molar-refractivity contribution < 1.29 is 4.79 Å². The number of halogens is 1. The SMILES string of the molecule is N#Cc1ccc(CC(=O)Nc2ccc(I)cc2)cc1. The van der Waals surface area contributed by atoms with Crippen LogP contribution < -0.4 is 5.32 Å². The lowest BCUT2D eigenvalue weighted by molar-refractivity contribution is -0.115. The normalized spacial score (nSPS) is 9.68. The second-order valence-corrected chi connectivity index (χ2v) is 5.29. The molecule has 0 aliphatic heterocycles. The standard InChI is InChI=1S/C15H11IN2O/c16-13-5-7-14(8-6-13)18-15(19)9-11-1-3-12(10-17)4-2-11/h1-8H,9H2,(H,18,19). The summed E-state index contributed by atoms with van der Waals surface area (Å²) in [5.41, 5.74) is 2.28. The van der Waals surface area contributed by atoms with E-state index in [0.717, 1.165) is 14.8 Å². The van der Waals surface area contributed by atoms with Crippen LogP contribution in [0.1, 0.15) is 11.1 Å². The van der Waals surface area contributed by atoms with Gasteiger partial charge in [0.05, 0.1) is 18.1 Å². The summed E-state index contributed by atoms with van der Waals surface area (Å²) < 4.78 is 1.13. The van der Waals surface area contributed by atoms with Crippen LogP contribution in [-0.2, 0) is 11.2 Å². The number of carbonyl (C=O) groups is 1. The summed E-state index contributed by atoms with van der Waals surface area (Å²) >= 11 is 2.22. The minimum atomic E-state index is -0.0640. The Morgan fingerprint density at radius 1 is 1.11 bits per heavy atom. The first-order valence-corrected chi connectivity index (χ1v) is 6.80. The van der Waals surface area contributed by atoms with Gasteiger partial charge in [-0.3, -0.25) is 4.79 Å². The van der Waals surface area contributed by atoms with Crippen molar-refractivity contribution in [1.82, 2.24) is 0 Å². The predicted octanol–water partition coefficient (Wildman–Crippen LogP) is 3.34. The van der Waals surface area contributed by atoms with E-state index in [1.165, 1.54) is 0 Å². The number of nitrogens with one attached hydrogen (secondary N) is 1. The third kappa shape index (κ3) is 4.07. The maximum atomic E-state index is 11.8. The highest BCUT2D eigenvalue weighted by molar-refractivity contribution is 14.1. The second-order valence-electron chi connectivity index (χ2n) is 4.04. The van der Waals surface area contributed by atoms with Crippen LogP contribution in [-0.4, -0.2) is 5.91 Å². The number of nitriles is 1. The molecule has 19 heavy (non-hydrogen) atoms. The fraction of sp³-hybridized carbons (Fsp3) is 0.0667. The Bertz CT molecular complexity index is 612. The van der Waals surface area contributed by atoms with Gasteiger partial charge >= 0.3 is 0 Å². The minimum Gasteiger partial charge on any atom is -0.326 e. The van der Waals surface area contributed by atoms with Gasteiger partial charge in [0.25, 0.3) is 0 Å². The maximum absolute atomic E-state index is 11.8. The smallest absolute Gasteiger partial charge is 0.228 e. The predicted molar refractivity (Wildman–Crippen MR) is 82.6 cm³/mol. The van der Waals surface area contributed by atoms with Crippen molar-refractivity contribution in [2.24, 2.45) is 0 Å². The fourth-order valence-electron chi connectivity index (χ4n) is 1.62. The summed E-state index contributed by atoms with van der Waals surface area (Å²) in [4.78, 5) is 11.8. The van der Waals surface area contributed by atoms with Crippen LogP contribution in [0.2, 0.25) is 0 Å².